The number of hydrogen-bond donors (Lipinski definition) is 2. The topological polar surface area (TPSA) is 134 Å². The van der Waals surface area contributed by atoms with Gasteiger partial charge in [-0.3, -0.25) is 14.4 Å². The molecular formula is C29H41F3N4O7. The van der Waals surface area contributed by atoms with Crippen LogP contribution in [0.3, 0.4) is 0 Å². The zero-order valence-electron chi connectivity index (χ0n) is 25.1. The van der Waals surface area contributed by atoms with Gasteiger partial charge in [-0.05, 0) is 37.2 Å². The SMILES string of the molecule is CCOC(=O)N1CCC(N(CC(=O)NC(C(=O)C(F)(F)F)C(C)C)C(=O)C(NC(=O)OCc2ccccc2)C(C)C)CC1. The summed E-state index contributed by atoms with van der Waals surface area (Å²) in [6, 6.07) is 5.30. The maximum atomic E-state index is 13.9. The van der Waals surface area contributed by atoms with Gasteiger partial charge in [-0.1, -0.05) is 58.0 Å². The Morgan fingerprint density at radius 2 is 1.51 bits per heavy atom. The average molecular weight is 615 g/mol. The van der Waals surface area contributed by atoms with Gasteiger partial charge < -0.3 is 29.9 Å². The minimum Gasteiger partial charge on any atom is -0.450 e. The standard InChI is InChI=1S/C29H41F3N4O7/c1-6-42-28(41)35-14-12-21(13-15-35)36(16-22(37)33-23(18(2)3)25(38)29(30,31)32)26(39)24(19(4)5)34-27(40)43-17-20-10-8-7-9-11-20/h7-11,18-19,21,23-24H,6,12-17H2,1-5H3,(H,33,37)(H,34,40). The van der Waals surface area contributed by atoms with Crippen molar-refractivity contribution in [3.8, 4) is 0 Å². The number of likely N-dealkylation sites (tertiary alicyclic amines) is 1. The van der Waals surface area contributed by atoms with Crippen molar-refractivity contribution >= 4 is 29.8 Å². The molecule has 43 heavy (non-hydrogen) atoms. The highest BCUT2D eigenvalue weighted by Crippen LogP contribution is 2.23. The molecule has 0 aliphatic carbocycles. The fraction of sp³-hybridized carbons (Fsp3) is 0.621. The number of rotatable bonds is 12. The largest absolute Gasteiger partial charge is 0.452 e. The number of piperidine rings is 1. The molecular weight excluding hydrogens is 573 g/mol. The first kappa shape index (κ1) is 35.4. The molecule has 1 aromatic carbocycles. The van der Waals surface area contributed by atoms with Crippen LogP contribution in [0.25, 0.3) is 0 Å². The third kappa shape index (κ3) is 10.7. The molecule has 4 amide bonds. The summed E-state index contributed by atoms with van der Waals surface area (Å²) < 4.78 is 49.8. The highest BCUT2D eigenvalue weighted by Gasteiger charge is 2.45. The Bertz CT molecular complexity index is 1110. The average Bonchev–Trinajstić information content (AvgIpc) is 2.95. The summed E-state index contributed by atoms with van der Waals surface area (Å²) >= 11 is 0. The van der Waals surface area contributed by atoms with Crippen LogP contribution in [0.4, 0.5) is 22.8 Å². The molecule has 2 atom stereocenters. The van der Waals surface area contributed by atoms with E-state index in [0.717, 1.165) is 5.56 Å². The first-order chi connectivity index (χ1) is 20.1. The van der Waals surface area contributed by atoms with Crippen molar-refractivity contribution in [2.75, 3.05) is 26.2 Å². The van der Waals surface area contributed by atoms with Crippen LogP contribution in [0.15, 0.2) is 30.3 Å². The lowest BCUT2D eigenvalue weighted by atomic mass is 9.97. The van der Waals surface area contributed by atoms with Crippen molar-refractivity contribution in [3.63, 3.8) is 0 Å². The zero-order chi connectivity index (χ0) is 32.3. The second-order valence-corrected chi connectivity index (χ2v) is 11.0. The number of carbonyl (C=O) groups excluding carboxylic acids is 5. The van der Waals surface area contributed by atoms with Gasteiger partial charge in [-0.2, -0.15) is 13.2 Å². The number of alkyl halides is 3. The second kappa shape index (κ2) is 16.1. The number of hydrogen-bond acceptors (Lipinski definition) is 7. The van der Waals surface area contributed by atoms with E-state index in [4.69, 9.17) is 9.47 Å². The van der Waals surface area contributed by atoms with Crippen LogP contribution < -0.4 is 10.6 Å². The lowest BCUT2D eigenvalue weighted by Gasteiger charge is -2.40. The Labute approximate surface area is 249 Å². The number of ketones is 1. The molecule has 1 aliphatic heterocycles. The first-order valence-corrected chi connectivity index (χ1v) is 14.2. The maximum absolute atomic E-state index is 13.9. The fourth-order valence-electron chi connectivity index (χ4n) is 4.63. The molecule has 2 unspecified atom stereocenters. The van der Waals surface area contributed by atoms with Crippen molar-refractivity contribution in [3.05, 3.63) is 35.9 Å². The normalized spacial score (nSPS) is 15.4. The molecule has 2 rings (SSSR count). The van der Waals surface area contributed by atoms with Gasteiger partial charge in [0.25, 0.3) is 5.78 Å². The Hall–Kier alpha value is -3.84. The summed E-state index contributed by atoms with van der Waals surface area (Å²) in [6.07, 6.45) is -6.06. The van der Waals surface area contributed by atoms with Crippen LogP contribution in [0.1, 0.15) is 53.0 Å². The highest BCUT2D eigenvalue weighted by atomic mass is 19.4. The second-order valence-electron chi connectivity index (χ2n) is 11.0. The van der Waals surface area contributed by atoms with Gasteiger partial charge in [0.05, 0.1) is 19.2 Å². The van der Waals surface area contributed by atoms with Crippen molar-refractivity contribution in [2.24, 2.45) is 11.8 Å². The molecule has 1 saturated heterocycles. The quantitative estimate of drug-likeness (QED) is 0.367. The summed E-state index contributed by atoms with van der Waals surface area (Å²) in [4.78, 5) is 66.4. The molecule has 1 aliphatic rings. The number of carbonyl (C=O) groups is 5. The van der Waals surface area contributed by atoms with Crippen LogP contribution in [0, 0.1) is 11.8 Å². The molecule has 240 valence electrons. The predicted octanol–water partition coefficient (Wildman–Crippen LogP) is 3.66. The molecule has 0 bridgehead atoms. The van der Waals surface area contributed by atoms with Crippen LogP contribution in [0.5, 0.6) is 0 Å². The van der Waals surface area contributed by atoms with E-state index in [1.165, 1.54) is 23.6 Å². The molecule has 0 aromatic heterocycles. The van der Waals surface area contributed by atoms with Crippen molar-refractivity contribution in [1.82, 2.24) is 20.4 Å². The fourth-order valence-corrected chi connectivity index (χ4v) is 4.63. The number of halogens is 3. The summed E-state index contributed by atoms with van der Waals surface area (Å²) in [5, 5.41) is 4.69. The Morgan fingerprint density at radius 1 is 0.930 bits per heavy atom. The Balaban J connectivity index is 2.25. The summed E-state index contributed by atoms with van der Waals surface area (Å²) in [5.41, 5.74) is 0.727. The van der Waals surface area contributed by atoms with Gasteiger partial charge in [-0.15, -0.1) is 0 Å². The van der Waals surface area contributed by atoms with Crippen LogP contribution >= 0.6 is 0 Å². The number of nitrogens with one attached hydrogen (secondary N) is 2. The highest BCUT2D eigenvalue weighted by molar-refractivity contribution is 5.95. The zero-order valence-corrected chi connectivity index (χ0v) is 25.1. The lowest BCUT2D eigenvalue weighted by molar-refractivity contribution is -0.175. The van der Waals surface area contributed by atoms with Gasteiger partial charge >= 0.3 is 18.4 Å². The smallest absolute Gasteiger partial charge is 0.450 e. The third-order valence-electron chi connectivity index (χ3n) is 6.99. The number of ether oxygens (including phenoxy) is 2. The molecule has 2 N–H and O–H groups in total. The minimum atomic E-state index is -5.16. The van der Waals surface area contributed by atoms with Gasteiger partial charge in [0.2, 0.25) is 11.8 Å². The van der Waals surface area contributed by atoms with Gasteiger partial charge in [0.1, 0.15) is 12.6 Å². The Kier molecular flexibility index (Phi) is 13.3. The van der Waals surface area contributed by atoms with Crippen LogP contribution in [-0.2, 0) is 30.5 Å². The molecule has 0 radical (unpaired) electrons. The third-order valence-corrected chi connectivity index (χ3v) is 6.99. The molecule has 1 heterocycles. The van der Waals surface area contributed by atoms with Crippen molar-refractivity contribution < 1.29 is 46.6 Å². The first-order valence-electron chi connectivity index (χ1n) is 14.2. The van der Waals surface area contributed by atoms with E-state index in [0.29, 0.717) is 0 Å². The van der Waals surface area contributed by atoms with Gasteiger partial charge in [0.15, 0.2) is 0 Å². The maximum Gasteiger partial charge on any atom is 0.452 e. The van der Waals surface area contributed by atoms with E-state index in [9.17, 15) is 37.1 Å². The number of amides is 4. The monoisotopic (exact) mass is 614 g/mol. The van der Waals surface area contributed by atoms with E-state index >= 15 is 0 Å². The van der Waals surface area contributed by atoms with Crippen LogP contribution in [0.2, 0.25) is 0 Å². The molecule has 1 aromatic rings. The molecule has 1 fully saturated rings. The van der Waals surface area contributed by atoms with Crippen molar-refractivity contribution in [1.29, 1.82) is 0 Å². The molecule has 14 heteroatoms. The molecule has 0 saturated carbocycles. The summed E-state index contributed by atoms with van der Waals surface area (Å²) in [5.74, 6) is -5.05. The van der Waals surface area contributed by atoms with E-state index < -0.39 is 72.5 Å². The number of Topliss-reactive ketones (excluding diaryl/α,β-unsaturated/α-hetero) is 1. The predicted molar refractivity (Wildman–Crippen MR) is 150 cm³/mol. The minimum absolute atomic E-state index is 0.0477. The number of nitrogens with zero attached hydrogens (tertiary/aromatic N) is 2. The number of alkyl carbamates (subject to hydrolysis) is 1. The van der Waals surface area contributed by atoms with E-state index in [2.05, 4.69) is 10.6 Å². The van der Waals surface area contributed by atoms with E-state index in [1.807, 2.05) is 0 Å². The molecule has 11 nitrogen and oxygen atoms in total. The Morgan fingerprint density at radius 3 is 2.02 bits per heavy atom. The van der Waals surface area contributed by atoms with Crippen molar-refractivity contribution in [2.45, 2.75) is 78.4 Å². The van der Waals surface area contributed by atoms with E-state index in [1.54, 1.807) is 51.1 Å². The van der Waals surface area contributed by atoms with Gasteiger partial charge in [0, 0.05) is 19.1 Å². The lowest BCUT2D eigenvalue weighted by Crippen LogP contribution is -2.59. The van der Waals surface area contributed by atoms with Crippen LogP contribution in [-0.4, -0.2) is 90.1 Å². The van der Waals surface area contributed by atoms with Gasteiger partial charge in [-0.25, -0.2) is 9.59 Å². The molecule has 0 spiro atoms. The summed E-state index contributed by atoms with van der Waals surface area (Å²) in [7, 11) is 0. The summed E-state index contributed by atoms with van der Waals surface area (Å²) in [6.45, 7) is 7.63. The van der Waals surface area contributed by atoms with E-state index in [-0.39, 0.29) is 39.1 Å². The number of benzene rings is 1.